The van der Waals surface area contributed by atoms with Crippen molar-refractivity contribution < 1.29 is 4.79 Å². The van der Waals surface area contributed by atoms with E-state index in [9.17, 15) is 4.79 Å². The van der Waals surface area contributed by atoms with Crippen molar-refractivity contribution in [2.24, 2.45) is 11.8 Å². The molecular weight excluding hydrogens is 222 g/mol. The summed E-state index contributed by atoms with van der Waals surface area (Å²) in [5.41, 5.74) is 3.00. The minimum absolute atomic E-state index is 0.151. The number of hydrogen-bond donors (Lipinski definition) is 0. The Hall–Kier alpha value is -1.57. The van der Waals surface area contributed by atoms with Crippen LogP contribution in [0.3, 0.4) is 0 Å². The monoisotopic (exact) mass is 243 g/mol. The first-order valence-corrected chi connectivity index (χ1v) is 6.63. The number of allylic oxidation sites excluding steroid dienone is 1. The van der Waals surface area contributed by atoms with E-state index in [-0.39, 0.29) is 5.91 Å². The van der Waals surface area contributed by atoms with Crippen LogP contribution in [0, 0.1) is 11.8 Å². The number of rotatable bonds is 3. The number of para-hydroxylation sites is 1. The lowest BCUT2D eigenvalue weighted by molar-refractivity contribution is -0.113. The van der Waals surface area contributed by atoms with Crippen LogP contribution in [0.15, 0.2) is 30.3 Å². The van der Waals surface area contributed by atoms with Crippen molar-refractivity contribution in [2.75, 3.05) is 11.4 Å². The predicted molar refractivity (Wildman–Crippen MR) is 76.4 cm³/mol. The fraction of sp³-hybridized carbons (Fsp3) is 0.438. The van der Waals surface area contributed by atoms with E-state index in [2.05, 4.69) is 33.8 Å². The molecule has 0 saturated carbocycles. The van der Waals surface area contributed by atoms with Gasteiger partial charge in [-0.05, 0) is 17.9 Å². The van der Waals surface area contributed by atoms with Gasteiger partial charge in [0, 0.05) is 17.7 Å². The standard InChI is InChI=1S/C16H21NO/c1-11(2)9-14-13-7-5-6-8-15(13)17(16(14)18)10-12(3)4/h5-9,11-12H,10H2,1-4H3/b14-9-. The molecule has 96 valence electrons. The van der Waals surface area contributed by atoms with E-state index in [0.29, 0.717) is 11.8 Å². The van der Waals surface area contributed by atoms with E-state index in [4.69, 9.17) is 0 Å². The minimum atomic E-state index is 0.151. The lowest BCUT2D eigenvalue weighted by Crippen LogP contribution is -2.30. The van der Waals surface area contributed by atoms with E-state index in [1.54, 1.807) is 0 Å². The molecule has 0 aromatic heterocycles. The summed E-state index contributed by atoms with van der Waals surface area (Å²) in [5.74, 6) is 1.01. The molecule has 2 nitrogen and oxygen atoms in total. The Kier molecular flexibility index (Phi) is 3.55. The van der Waals surface area contributed by atoms with Crippen LogP contribution in [0.2, 0.25) is 0 Å². The van der Waals surface area contributed by atoms with E-state index >= 15 is 0 Å². The Balaban J connectivity index is 2.46. The van der Waals surface area contributed by atoms with E-state index in [0.717, 1.165) is 23.4 Å². The van der Waals surface area contributed by atoms with E-state index in [1.807, 2.05) is 29.2 Å². The van der Waals surface area contributed by atoms with Gasteiger partial charge in [-0.25, -0.2) is 0 Å². The zero-order valence-corrected chi connectivity index (χ0v) is 11.6. The molecule has 0 bridgehead atoms. The molecule has 1 aliphatic heterocycles. The first-order valence-electron chi connectivity index (χ1n) is 6.63. The molecule has 1 aromatic rings. The number of amides is 1. The summed E-state index contributed by atoms with van der Waals surface area (Å²) in [5, 5.41) is 0. The number of hydrogen-bond acceptors (Lipinski definition) is 1. The Morgan fingerprint density at radius 2 is 1.83 bits per heavy atom. The molecule has 2 heteroatoms. The van der Waals surface area contributed by atoms with Crippen molar-refractivity contribution in [3.8, 4) is 0 Å². The van der Waals surface area contributed by atoms with Crippen molar-refractivity contribution >= 4 is 17.2 Å². The van der Waals surface area contributed by atoms with Crippen molar-refractivity contribution in [2.45, 2.75) is 27.7 Å². The maximum atomic E-state index is 12.5. The molecule has 0 spiro atoms. The third-order valence-electron chi connectivity index (χ3n) is 3.01. The lowest BCUT2D eigenvalue weighted by atomic mass is 10.0. The summed E-state index contributed by atoms with van der Waals surface area (Å²) in [6.07, 6.45) is 2.07. The largest absolute Gasteiger partial charge is 0.307 e. The number of carbonyl (C=O) groups excluding carboxylic acids is 1. The highest BCUT2D eigenvalue weighted by Gasteiger charge is 2.31. The average Bonchev–Trinajstić information content (AvgIpc) is 2.54. The van der Waals surface area contributed by atoms with Gasteiger partial charge in [-0.3, -0.25) is 4.79 Å². The molecule has 2 rings (SSSR count). The molecule has 1 amide bonds. The maximum Gasteiger partial charge on any atom is 0.258 e. The second-order valence-corrected chi connectivity index (χ2v) is 5.65. The molecule has 1 aromatic carbocycles. The molecule has 0 aliphatic carbocycles. The molecule has 0 atom stereocenters. The summed E-state index contributed by atoms with van der Waals surface area (Å²) in [6.45, 7) is 9.27. The Labute approximate surface area is 109 Å². The smallest absolute Gasteiger partial charge is 0.258 e. The molecule has 0 radical (unpaired) electrons. The van der Waals surface area contributed by atoms with Crippen LogP contribution in [0.5, 0.6) is 0 Å². The van der Waals surface area contributed by atoms with Crippen LogP contribution >= 0.6 is 0 Å². The fourth-order valence-corrected chi connectivity index (χ4v) is 2.35. The van der Waals surface area contributed by atoms with Gasteiger partial charge >= 0.3 is 0 Å². The summed E-state index contributed by atoms with van der Waals surface area (Å²) < 4.78 is 0. The topological polar surface area (TPSA) is 20.3 Å². The summed E-state index contributed by atoms with van der Waals surface area (Å²) in [4.78, 5) is 14.4. The van der Waals surface area contributed by atoms with Gasteiger partial charge in [0.15, 0.2) is 0 Å². The van der Waals surface area contributed by atoms with Crippen molar-refractivity contribution in [3.05, 3.63) is 35.9 Å². The zero-order chi connectivity index (χ0) is 13.3. The Morgan fingerprint density at radius 1 is 1.17 bits per heavy atom. The van der Waals surface area contributed by atoms with Gasteiger partial charge in [-0.1, -0.05) is 52.0 Å². The highest BCUT2D eigenvalue weighted by atomic mass is 16.2. The summed E-state index contributed by atoms with van der Waals surface area (Å²) >= 11 is 0. The van der Waals surface area contributed by atoms with Gasteiger partial charge in [0.1, 0.15) is 0 Å². The van der Waals surface area contributed by atoms with Crippen LogP contribution in [-0.4, -0.2) is 12.5 Å². The highest BCUT2D eigenvalue weighted by Crippen LogP contribution is 2.37. The van der Waals surface area contributed by atoms with Crippen LogP contribution in [0.4, 0.5) is 5.69 Å². The number of fused-ring (bicyclic) bond motifs is 1. The molecule has 0 N–H and O–H groups in total. The van der Waals surface area contributed by atoms with Gasteiger partial charge in [0.05, 0.1) is 5.69 Å². The SMILES string of the molecule is CC(C)/C=C1\C(=O)N(CC(C)C)c2ccccc21. The van der Waals surface area contributed by atoms with Crippen molar-refractivity contribution in [1.29, 1.82) is 0 Å². The van der Waals surface area contributed by atoms with E-state index < -0.39 is 0 Å². The zero-order valence-electron chi connectivity index (χ0n) is 11.6. The van der Waals surface area contributed by atoms with Crippen LogP contribution in [0.1, 0.15) is 33.3 Å². The summed E-state index contributed by atoms with van der Waals surface area (Å²) in [6, 6.07) is 8.08. The molecule has 1 aliphatic rings. The number of nitrogens with zero attached hydrogens (tertiary/aromatic N) is 1. The fourth-order valence-electron chi connectivity index (χ4n) is 2.35. The molecule has 18 heavy (non-hydrogen) atoms. The van der Waals surface area contributed by atoms with Crippen LogP contribution in [-0.2, 0) is 4.79 Å². The average molecular weight is 243 g/mol. The molecule has 0 saturated heterocycles. The molecule has 0 fully saturated rings. The second-order valence-electron chi connectivity index (χ2n) is 5.65. The predicted octanol–water partition coefficient (Wildman–Crippen LogP) is 3.73. The first kappa shape index (κ1) is 12.9. The Morgan fingerprint density at radius 3 is 2.44 bits per heavy atom. The van der Waals surface area contributed by atoms with Crippen LogP contribution in [0.25, 0.3) is 5.57 Å². The third kappa shape index (κ3) is 2.33. The summed E-state index contributed by atoms with van der Waals surface area (Å²) in [7, 11) is 0. The van der Waals surface area contributed by atoms with Crippen molar-refractivity contribution in [3.63, 3.8) is 0 Å². The first-order chi connectivity index (χ1) is 8.50. The number of carbonyl (C=O) groups is 1. The lowest BCUT2D eigenvalue weighted by Gasteiger charge is -2.19. The normalized spacial score (nSPS) is 17.1. The van der Waals surface area contributed by atoms with Gasteiger partial charge in [0.2, 0.25) is 0 Å². The van der Waals surface area contributed by atoms with Gasteiger partial charge < -0.3 is 4.90 Å². The minimum Gasteiger partial charge on any atom is -0.307 e. The third-order valence-corrected chi connectivity index (χ3v) is 3.01. The van der Waals surface area contributed by atoms with Crippen LogP contribution < -0.4 is 4.90 Å². The van der Waals surface area contributed by atoms with Gasteiger partial charge in [0.25, 0.3) is 5.91 Å². The molecule has 1 heterocycles. The number of benzene rings is 1. The maximum absolute atomic E-state index is 12.5. The Bertz CT molecular complexity index is 486. The van der Waals surface area contributed by atoms with Crippen molar-refractivity contribution in [1.82, 2.24) is 0 Å². The van der Waals surface area contributed by atoms with Gasteiger partial charge in [-0.2, -0.15) is 0 Å². The second kappa shape index (κ2) is 4.97. The van der Waals surface area contributed by atoms with E-state index in [1.165, 1.54) is 0 Å². The molecule has 0 unspecified atom stereocenters. The quantitative estimate of drug-likeness (QED) is 0.741. The molecular formula is C16H21NO. The van der Waals surface area contributed by atoms with Gasteiger partial charge in [-0.15, -0.1) is 0 Å². The number of anilines is 1. The highest BCUT2D eigenvalue weighted by molar-refractivity contribution is 6.32.